The molecular formula is C16H10N4O2S2. The second-order valence-electron chi connectivity index (χ2n) is 4.93. The molecule has 2 aromatic heterocycles. The summed E-state index contributed by atoms with van der Waals surface area (Å²) >= 11 is 0. The van der Waals surface area contributed by atoms with Crippen molar-refractivity contribution in [3.8, 4) is 0 Å². The summed E-state index contributed by atoms with van der Waals surface area (Å²) in [5.41, 5.74) is 2.26. The molecule has 4 aromatic rings. The first-order valence-electron chi connectivity index (χ1n) is 7.03. The lowest BCUT2D eigenvalue weighted by Gasteiger charge is -2.07. The fourth-order valence-corrected chi connectivity index (χ4v) is 4.15. The highest BCUT2D eigenvalue weighted by Gasteiger charge is 2.17. The summed E-state index contributed by atoms with van der Waals surface area (Å²) < 4.78 is 1.65. The normalized spacial score (nSPS) is 11.2. The van der Waals surface area contributed by atoms with Crippen molar-refractivity contribution in [2.75, 3.05) is 0 Å². The van der Waals surface area contributed by atoms with Gasteiger partial charge in [-0.2, -0.15) is 9.46 Å². The molecule has 0 fully saturated rings. The van der Waals surface area contributed by atoms with Crippen LogP contribution in [0.5, 0.6) is 0 Å². The molecule has 0 spiro atoms. The molecule has 118 valence electrons. The van der Waals surface area contributed by atoms with Gasteiger partial charge in [-0.15, -0.1) is 0 Å². The van der Waals surface area contributed by atoms with E-state index in [1.807, 2.05) is 12.1 Å². The fraction of sp³-hybridized carbons (Fsp3) is 0. The molecule has 0 atom stereocenters. The van der Waals surface area contributed by atoms with Crippen molar-refractivity contribution in [1.82, 2.24) is 9.97 Å². The molecular weight excluding hydrogens is 344 g/mol. The van der Waals surface area contributed by atoms with E-state index >= 15 is 0 Å². The van der Waals surface area contributed by atoms with Crippen LogP contribution in [-0.2, 0) is 0 Å². The number of fused-ring (bicyclic) bond motifs is 2. The van der Waals surface area contributed by atoms with Crippen molar-refractivity contribution >= 4 is 43.7 Å². The van der Waals surface area contributed by atoms with Crippen LogP contribution in [0.4, 0.5) is 0 Å². The lowest BCUT2D eigenvalue weighted by Crippen LogP contribution is -2.31. The van der Waals surface area contributed by atoms with Crippen LogP contribution < -0.4 is 9.46 Å². The van der Waals surface area contributed by atoms with Crippen LogP contribution in [0.1, 0.15) is 0 Å². The van der Waals surface area contributed by atoms with Gasteiger partial charge in [0.2, 0.25) is 11.0 Å². The monoisotopic (exact) mass is 354 g/mol. The summed E-state index contributed by atoms with van der Waals surface area (Å²) in [6.07, 6.45) is 3.02. The van der Waals surface area contributed by atoms with Gasteiger partial charge in [0.25, 0.3) is 10.1 Å². The van der Waals surface area contributed by atoms with E-state index in [-0.39, 0.29) is 0 Å². The van der Waals surface area contributed by atoms with E-state index in [0.29, 0.717) is 32.1 Å². The molecule has 4 rings (SSSR count). The van der Waals surface area contributed by atoms with Gasteiger partial charge < -0.3 is 10.4 Å². The predicted molar refractivity (Wildman–Crippen MR) is 93.1 cm³/mol. The molecule has 0 radical (unpaired) electrons. The van der Waals surface area contributed by atoms with Gasteiger partial charge >= 0.3 is 0 Å². The Morgan fingerprint density at radius 2 is 1.08 bits per heavy atom. The van der Waals surface area contributed by atoms with E-state index in [1.54, 1.807) is 36.4 Å². The van der Waals surface area contributed by atoms with E-state index in [4.69, 9.17) is 0 Å². The molecule has 0 aliphatic carbocycles. The van der Waals surface area contributed by atoms with Crippen LogP contribution in [0.2, 0.25) is 0 Å². The number of nitrogens with zero attached hydrogens (tertiary/aromatic N) is 4. The van der Waals surface area contributed by atoms with E-state index < -0.39 is 0 Å². The summed E-state index contributed by atoms with van der Waals surface area (Å²) in [6.45, 7) is 0. The lowest BCUT2D eigenvalue weighted by atomic mass is 10.3. The molecule has 24 heavy (non-hydrogen) atoms. The van der Waals surface area contributed by atoms with Crippen molar-refractivity contribution in [2.24, 2.45) is 0 Å². The van der Waals surface area contributed by atoms with Gasteiger partial charge in [-0.3, -0.25) is 0 Å². The first-order chi connectivity index (χ1) is 11.7. The van der Waals surface area contributed by atoms with Gasteiger partial charge in [-0.1, -0.05) is 24.3 Å². The van der Waals surface area contributed by atoms with E-state index in [1.165, 1.54) is 34.0 Å². The van der Waals surface area contributed by atoms with Crippen molar-refractivity contribution in [3.05, 3.63) is 71.3 Å². The van der Waals surface area contributed by atoms with Crippen LogP contribution in [0, 0.1) is 10.4 Å². The Hall–Kier alpha value is -2.58. The summed E-state index contributed by atoms with van der Waals surface area (Å²) in [6, 6.07) is 14.2. The van der Waals surface area contributed by atoms with Gasteiger partial charge in [0.05, 0.1) is 0 Å². The molecule has 0 unspecified atom stereocenters. The van der Waals surface area contributed by atoms with Crippen molar-refractivity contribution in [3.63, 3.8) is 0 Å². The van der Waals surface area contributed by atoms with Gasteiger partial charge in [-0.05, 0) is 12.1 Å². The maximum atomic E-state index is 12.4. The topological polar surface area (TPSA) is 79.7 Å². The molecule has 0 aliphatic heterocycles. The van der Waals surface area contributed by atoms with E-state index in [2.05, 4.69) is 9.97 Å². The van der Waals surface area contributed by atoms with Crippen LogP contribution in [0.3, 0.4) is 0 Å². The maximum absolute atomic E-state index is 12.4. The average molecular weight is 354 g/mol. The van der Waals surface area contributed by atoms with Crippen LogP contribution in [-0.4, -0.2) is 9.97 Å². The highest BCUT2D eigenvalue weighted by atomic mass is 33.1. The van der Waals surface area contributed by atoms with Crippen molar-refractivity contribution in [2.45, 2.75) is 10.1 Å². The minimum atomic E-state index is 0.409. The zero-order valence-electron chi connectivity index (χ0n) is 12.2. The van der Waals surface area contributed by atoms with Crippen molar-refractivity contribution in [1.29, 1.82) is 0 Å². The number of benzene rings is 2. The third kappa shape index (κ3) is 2.59. The zero-order chi connectivity index (χ0) is 16.5. The molecule has 0 saturated heterocycles. The number of rotatable bonds is 3. The zero-order valence-corrected chi connectivity index (χ0v) is 13.8. The Balaban J connectivity index is 1.66. The van der Waals surface area contributed by atoms with Crippen LogP contribution in [0.15, 0.2) is 71.0 Å². The first-order valence-corrected chi connectivity index (χ1v) is 9.18. The number of para-hydroxylation sites is 4. The molecule has 0 amide bonds. The van der Waals surface area contributed by atoms with Crippen LogP contribution in [0.25, 0.3) is 22.1 Å². The fourth-order valence-electron chi connectivity index (χ4n) is 2.28. The third-order valence-electron chi connectivity index (χ3n) is 3.44. The Morgan fingerprint density at radius 1 is 0.667 bits per heavy atom. The van der Waals surface area contributed by atoms with Crippen LogP contribution >= 0.6 is 21.6 Å². The maximum Gasteiger partial charge on any atom is 0.281 e. The number of aromatic nitrogens is 4. The average Bonchev–Trinajstić information content (AvgIpc) is 2.63. The summed E-state index contributed by atoms with van der Waals surface area (Å²) in [5, 5.41) is 25.6. The number of hydrogen-bond donors (Lipinski definition) is 0. The molecule has 8 heteroatoms. The molecule has 0 N–H and O–H groups in total. The molecule has 0 saturated carbocycles. The Morgan fingerprint density at radius 3 is 1.54 bits per heavy atom. The molecule has 0 aliphatic rings. The highest BCUT2D eigenvalue weighted by molar-refractivity contribution is 8.76. The van der Waals surface area contributed by atoms with Gasteiger partial charge in [0.15, 0.2) is 0 Å². The lowest BCUT2D eigenvalue weighted by molar-refractivity contribution is -0.619. The standard InChI is InChI=1S/C16H10N4O2S2/c21-19-13-7-3-1-5-11(13)17-9-15(19)23-24-16-10-18-12-6-2-4-8-14(12)20(16)22/h1-10H. The Kier molecular flexibility index (Phi) is 3.83. The summed E-state index contributed by atoms with van der Waals surface area (Å²) in [7, 11) is 2.36. The Bertz CT molecular complexity index is 973. The third-order valence-corrected chi connectivity index (χ3v) is 5.68. The SMILES string of the molecule is [O-][n+]1c(SSc2cnc3ccccc3[n+]2[O-])cnc2ccccc21. The smallest absolute Gasteiger partial charge is 0.281 e. The minimum absolute atomic E-state index is 0.409. The molecule has 0 bridgehead atoms. The second-order valence-corrected chi connectivity index (χ2v) is 7.10. The Labute approximate surface area is 144 Å². The highest BCUT2D eigenvalue weighted by Crippen LogP contribution is 2.34. The molecule has 2 heterocycles. The van der Waals surface area contributed by atoms with Crippen molar-refractivity contribution < 1.29 is 9.46 Å². The minimum Gasteiger partial charge on any atom is -0.617 e. The first kappa shape index (κ1) is 15.0. The molecule has 6 nitrogen and oxygen atoms in total. The van der Waals surface area contributed by atoms with E-state index in [0.717, 1.165) is 9.46 Å². The number of hydrogen-bond acceptors (Lipinski definition) is 6. The quantitative estimate of drug-likeness (QED) is 0.320. The largest absolute Gasteiger partial charge is 0.617 e. The summed E-state index contributed by atoms with van der Waals surface area (Å²) in [4.78, 5) is 8.54. The van der Waals surface area contributed by atoms with E-state index in [9.17, 15) is 10.4 Å². The molecule has 2 aromatic carbocycles. The second kappa shape index (κ2) is 6.14. The van der Waals surface area contributed by atoms with Gasteiger partial charge in [0, 0.05) is 33.7 Å². The van der Waals surface area contributed by atoms with Gasteiger partial charge in [0.1, 0.15) is 23.4 Å². The predicted octanol–water partition coefficient (Wildman–Crippen LogP) is 2.85. The summed E-state index contributed by atoms with van der Waals surface area (Å²) in [5.74, 6) is 0. The van der Waals surface area contributed by atoms with Gasteiger partial charge in [-0.25, -0.2) is 9.97 Å².